The van der Waals surface area contributed by atoms with Crippen LogP contribution in [-0.2, 0) is 14.6 Å². The summed E-state index contributed by atoms with van der Waals surface area (Å²) < 4.78 is 35.8. The first-order chi connectivity index (χ1) is 20.0. The van der Waals surface area contributed by atoms with Gasteiger partial charge in [0, 0.05) is 5.92 Å². The van der Waals surface area contributed by atoms with Gasteiger partial charge in [-0.05, 0) is 19.3 Å². The Morgan fingerprint density at radius 3 is 1.17 bits per heavy atom. The molecule has 0 aromatic rings. The Morgan fingerprint density at radius 2 is 0.829 bits per heavy atom. The summed E-state index contributed by atoms with van der Waals surface area (Å²) in [6.45, 7) is 4.60. The predicted octanol–water partition coefficient (Wildman–Crippen LogP) is 12.7. The SMILES string of the molecule is CCCCCCCCCCCC/C=C/C(CCCCCCCCCCCCCCCCCCCC)COS(=O)(=O)O. The van der Waals surface area contributed by atoms with Crippen molar-refractivity contribution in [1.29, 1.82) is 0 Å². The van der Waals surface area contributed by atoms with Crippen molar-refractivity contribution >= 4 is 10.4 Å². The van der Waals surface area contributed by atoms with Crippen LogP contribution >= 0.6 is 0 Å². The lowest BCUT2D eigenvalue weighted by Crippen LogP contribution is -2.12. The maximum absolute atomic E-state index is 11.1. The lowest BCUT2D eigenvalue weighted by molar-refractivity contribution is 0.234. The number of unbranched alkanes of at least 4 members (excludes halogenated alkanes) is 27. The lowest BCUT2D eigenvalue weighted by atomic mass is 9.99. The molecule has 0 fully saturated rings. The smallest absolute Gasteiger partial charge is 0.264 e. The molecule has 4 nitrogen and oxygen atoms in total. The standard InChI is InChI=1S/C36H72O4S/c1-3-5-7-9-11-13-15-17-18-19-20-21-22-24-26-28-30-32-34-36(35-40-41(37,38)39)33-31-29-27-25-23-16-14-12-10-8-6-4-2/h31,33,36H,3-30,32,34-35H2,1-2H3,(H,37,38,39)/b33-31+. The average molecular weight is 601 g/mol. The second-order valence-electron chi connectivity index (χ2n) is 12.7. The molecular formula is C36H72O4S. The molecule has 0 spiro atoms. The predicted molar refractivity (Wildman–Crippen MR) is 180 cm³/mol. The summed E-state index contributed by atoms with van der Waals surface area (Å²) >= 11 is 0. The van der Waals surface area contributed by atoms with E-state index in [4.69, 9.17) is 8.74 Å². The monoisotopic (exact) mass is 601 g/mol. The molecule has 1 unspecified atom stereocenters. The van der Waals surface area contributed by atoms with Gasteiger partial charge in [0.05, 0.1) is 6.61 Å². The van der Waals surface area contributed by atoms with Gasteiger partial charge in [-0.2, -0.15) is 8.42 Å². The Morgan fingerprint density at radius 1 is 0.512 bits per heavy atom. The number of hydrogen-bond donors (Lipinski definition) is 1. The zero-order valence-corrected chi connectivity index (χ0v) is 28.5. The third-order valence-electron chi connectivity index (χ3n) is 8.49. The second-order valence-corrected chi connectivity index (χ2v) is 13.8. The molecule has 0 aliphatic carbocycles. The van der Waals surface area contributed by atoms with Crippen LogP contribution in [0.2, 0.25) is 0 Å². The third-order valence-corrected chi connectivity index (χ3v) is 8.93. The maximum Gasteiger partial charge on any atom is 0.397 e. The molecule has 0 bridgehead atoms. The first-order valence-electron chi connectivity index (χ1n) is 18.3. The molecule has 0 saturated carbocycles. The molecule has 0 saturated heterocycles. The molecule has 0 aliphatic rings. The summed E-state index contributed by atoms with van der Waals surface area (Å²) in [6.07, 6.45) is 44.1. The van der Waals surface area contributed by atoms with Gasteiger partial charge in [-0.3, -0.25) is 4.55 Å². The quantitative estimate of drug-likeness (QED) is 0.0453. The average Bonchev–Trinajstić information content (AvgIpc) is 2.94. The minimum atomic E-state index is -4.37. The van der Waals surface area contributed by atoms with E-state index in [9.17, 15) is 8.42 Å². The van der Waals surface area contributed by atoms with E-state index >= 15 is 0 Å². The van der Waals surface area contributed by atoms with Crippen molar-refractivity contribution in [2.24, 2.45) is 5.92 Å². The molecule has 0 amide bonds. The molecule has 5 heteroatoms. The minimum absolute atomic E-state index is 0.0479. The Hall–Kier alpha value is -0.390. The van der Waals surface area contributed by atoms with Crippen molar-refractivity contribution in [1.82, 2.24) is 0 Å². The van der Waals surface area contributed by atoms with Crippen LogP contribution in [0.1, 0.15) is 206 Å². The van der Waals surface area contributed by atoms with Crippen molar-refractivity contribution in [3.05, 3.63) is 12.2 Å². The Bertz CT molecular complexity index is 631. The molecule has 0 heterocycles. The maximum atomic E-state index is 11.1. The van der Waals surface area contributed by atoms with E-state index in [0.29, 0.717) is 0 Å². The summed E-state index contributed by atoms with van der Waals surface area (Å²) in [5.41, 5.74) is 0. The van der Waals surface area contributed by atoms with Gasteiger partial charge in [-0.1, -0.05) is 199 Å². The zero-order chi connectivity index (χ0) is 30.1. The van der Waals surface area contributed by atoms with E-state index in [1.54, 1.807) is 0 Å². The van der Waals surface area contributed by atoms with Gasteiger partial charge in [0.25, 0.3) is 0 Å². The van der Waals surface area contributed by atoms with Gasteiger partial charge in [-0.25, -0.2) is 4.18 Å². The van der Waals surface area contributed by atoms with Gasteiger partial charge in [0.1, 0.15) is 0 Å². The highest BCUT2D eigenvalue weighted by molar-refractivity contribution is 7.80. The molecule has 0 aromatic heterocycles. The van der Waals surface area contributed by atoms with E-state index < -0.39 is 10.4 Å². The first-order valence-corrected chi connectivity index (χ1v) is 19.6. The van der Waals surface area contributed by atoms with E-state index in [1.807, 2.05) is 0 Å². The number of allylic oxidation sites excluding steroid dienone is 1. The highest BCUT2D eigenvalue weighted by atomic mass is 32.3. The van der Waals surface area contributed by atoms with Crippen LogP contribution in [-0.4, -0.2) is 19.6 Å². The molecule has 1 atom stereocenters. The largest absolute Gasteiger partial charge is 0.397 e. The lowest BCUT2D eigenvalue weighted by Gasteiger charge is -2.12. The van der Waals surface area contributed by atoms with E-state index in [0.717, 1.165) is 19.3 Å². The molecule has 0 aliphatic heterocycles. The summed E-state index contributed by atoms with van der Waals surface area (Å²) in [4.78, 5) is 0. The van der Waals surface area contributed by atoms with Crippen molar-refractivity contribution in [2.75, 3.05) is 6.61 Å². The fourth-order valence-electron chi connectivity index (χ4n) is 5.75. The van der Waals surface area contributed by atoms with Crippen LogP contribution in [0.3, 0.4) is 0 Å². The summed E-state index contributed by atoms with van der Waals surface area (Å²) in [5, 5.41) is 0. The molecule has 1 N–H and O–H groups in total. The van der Waals surface area contributed by atoms with Crippen molar-refractivity contribution in [3.63, 3.8) is 0 Å². The van der Waals surface area contributed by atoms with Gasteiger partial charge in [0.15, 0.2) is 0 Å². The van der Waals surface area contributed by atoms with Crippen molar-refractivity contribution in [2.45, 2.75) is 206 Å². The van der Waals surface area contributed by atoms with Gasteiger partial charge >= 0.3 is 10.4 Å². The number of rotatable bonds is 34. The summed E-state index contributed by atoms with van der Waals surface area (Å²) in [6, 6.07) is 0. The van der Waals surface area contributed by atoms with E-state index in [2.05, 4.69) is 26.0 Å². The summed E-state index contributed by atoms with van der Waals surface area (Å²) in [7, 11) is -4.37. The van der Waals surface area contributed by atoms with E-state index in [-0.39, 0.29) is 12.5 Å². The molecular weight excluding hydrogens is 528 g/mol. The Kier molecular flexibility index (Phi) is 32.2. The molecule has 0 rings (SSSR count). The van der Waals surface area contributed by atoms with Crippen LogP contribution in [0.25, 0.3) is 0 Å². The minimum Gasteiger partial charge on any atom is -0.264 e. The normalized spacial score (nSPS) is 13.0. The van der Waals surface area contributed by atoms with Crippen LogP contribution in [0.4, 0.5) is 0 Å². The van der Waals surface area contributed by atoms with Gasteiger partial charge in [0.2, 0.25) is 0 Å². The van der Waals surface area contributed by atoms with Crippen LogP contribution in [0, 0.1) is 5.92 Å². The third kappa shape index (κ3) is 35.7. The topological polar surface area (TPSA) is 63.6 Å². The molecule has 0 aromatic carbocycles. The second kappa shape index (κ2) is 32.5. The molecule has 41 heavy (non-hydrogen) atoms. The van der Waals surface area contributed by atoms with E-state index in [1.165, 1.54) is 173 Å². The van der Waals surface area contributed by atoms with Gasteiger partial charge in [-0.15, -0.1) is 0 Å². The van der Waals surface area contributed by atoms with Crippen LogP contribution < -0.4 is 0 Å². The molecule has 246 valence electrons. The summed E-state index contributed by atoms with van der Waals surface area (Å²) in [5.74, 6) is 0.0566. The zero-order valence-electron chi connectivity index (χ0n) is 27.7. The van der Waals surface area contributed by atoms with Crippen molar-refractivity contribution in [3.8, 4) is 0 Å². The Labute approximate surface area is 258 Å². The van der Waals surface area contributed by atoms with Crippen LogP contribution in [0.5, 0.6) is 0 Å². The highest BCUT2D eigenvalue weighted by Gasteiger charge is 2.11. The highest BCUT2D eigenvalue weighted by Crippen LogP contribution is 2.18. The number of hydrogen-bond acceptors (Lipinski definition) is 3. The van der Waals surface area contributed by atoms with Gasteiger partial charge < -0.3 is 0 Å². The van der Waals surface area contributed by atoms with Crippen LogP contribution in [0.15, 0.2) is 12.2 Å². The molecule has 0 radical (unpaired) electrons. The fourth-order valence-corrected chi connectivity index (χ4v) is 6.10. The van der Waals surface area contributed by atoms with Crippen molar-refractivity contribution < 1.29 is 17.2 Å². The fraction of sp³-hybridized carbons (Fsp3) is 0.944. The first kappa shape index (κ1) is 40.6. The Balaban J connectivity index is 3.71.